The maximum atomic E-state index is 12.9. The van der Waals surface area contributed by atoms with Crippen LogP contribution in [0.15, 0.2) is 36.8 Å². The fourth-order valence-corrected chi connectivity index (χ4v) is 3.34. The summed E-state index contributed by atoms with van der Waals surface area (Å²) in [6, 6.07) is 2.23. The number of carboxylic acids is 1. The van der Waals surface area contributed by atoms with Gasteiger partial charge in [0, 0.05) is 37.5 Å². The Balaban J connectivity index is 1.81. The highest BCUT2D eigenvalue weighted by molar-refractivity contribution is 6.04. The van der Waals surface area contributed by atoms with Crippen molar-refractivity contribution in [2.45, 2.75) is 31.3 Å². The monoisotopic (exact) mass is 514 g/mol. The lowest BCUT2D eigenvalue weighted by atomic mass is 10.1. The van der Waals surface area contributed by atoms with E-state index in [0.29, 0.717) is 0 Å². The van der Waals surface area contributed by atoms with E-state index >= 15 is 0 Å². The van der Waals surface area contributed by atoms with E-state index in [1.54, 1.807) is 0 Å². The summed E-state index contributed by atoms with van der Waals surface area (Å²) in [5.41, 5.74) is 0.370. The molecule has 2 aromatic rings. The Morgan fingerprint density at radius 1 is 1.16 bits per heavy atom. The number of aromatic nitrogens is 2. The number of carbonyl (C=O) groups excluding carboxylic acids is 4. The Bertz CT molecular complexity index is 1160. The number of benzene rings is 1. The van der Waals surface area contributed by atoms with E-state index < -0.39 is 48.3 Å². The van der Waals surface area contributed by atoms with Crippen LogP contribution in [0.3, 0.4) is 0 Å². The fraction of sp³-hybridized carbons (Fsp3) is 0.348. The molecular weight excluding hydrogens is 488 g/mol. The van der Waals surface area contributed by atoms with E-state index in [-0.39, 0.29) is 55.1 Å². The number of carboxylic acid groups (broad SMARTS) is 1. The average Bonchev–Trinajstić information content (AvgIpc) is 2.89. The van der Waals surface area contributed by atoms with Crippen molar-refractivity contribution in [1.29, 1.82) is 0 Å². The van der Waals surface area contributed by atoms with Crippen molar-refractivity contribution in [3.05, 3.63) is 48.0 Å². The molecule has 3 rings (SSSR count). The van der Waals surface area contributed by atoms with Gasteiger partial charge >= 0.3 is 5.97 Å². The molecule has 1 aliphatic heterocycles. The summed E-state index contributed by atoms with van der Waals surface area (Å²) in [6.45, 7) is -0.862. The number of carbonyl (C=O) groups is 5. The van der Waals surface area contributed by atoms with Crippen LogP contribution in [0.25, 0.3) is 0 Å². The number of hydrogen-bond donors (Lipinski definition) is 6. The maximum Gasteiger partial charge on any atom is 0.303 e. The van der Waals surface area contributed by atoms with E-state index in [0.717, 1.165) is 0 Å². The first-order chi connectivity index (χ1) is 17.8. The Hall–Kier alpha value is -4.59. The zero-order valence-electron chi connectivity index (χ0n) is 19.6. The minimum Gasteiger partial charge on any atom is -0.491 e. The van der Waals surface area contributed by atoms with Gasteiger partial charge in [0.1, 0.15) is 24.1 Å². The summed E-state index contributed by atoms with van der Waals surface area (Å²) < 4.78 is 5.70. The molecule has 2 unspecified atom stereocenters. The van der Waals surface area contributed by atoms with Gasteiger partial charge in [-0.2, -0.15) is 0 Å². The van der Waals surface area contributed by atoms with Gasteiger partial charge in [-0.3, -0.25) is 29.0 Å². The average molecular weight is 514 g/mol. The Labute approximate surface area is 210 Å². The topological polar surface area (TPSA) is 209 Å². The number of ether oxygens (including phenoxy) is 1. The molecule has 4 amide bonds. The van der Waals surface area contributed by atoms with Gasteiger partial charge in [0.2, 0.25) is 11.8 Å². The second-order valence-corrected chi connectivity index (χ2v) is 8.01. The van der Waals surface area contributed by atoms with Gasteiger partial charge in [-0.15, -0.1) is 0 Å². The summed E-state index contributed by atoms with van der Waals surface area (Å²) >= 11 is 0. The maximum absolute atomic E-state index is 12.9. The molecule has 0 saturated heterocycles. The highest BCUT2D eigenvalue weighted by Crippen LogP contribution is 2.24. The predicted octanol–water partition coefficient (Wildman–Crippen LogP) is -0.932. The van der Waals surface area contributed by atoms with Crippen molar-refractivity contribution in [1.82, 2.24) is 25.9 Å². The van der Waals surface area contributed by atoms with E-state index in [1.807, 2.05) is 0 Å². The van der Waals surface area contributed by atoms with Gasteiger partial charge in [-0.25, -0.2) is 4.98 Å². The van der Waals surface area contributed by atoms with Crippen LogP contribution in [-0.4, -0.2) is 81.6 Å². The third-order valence-electron chi connectivity index (χ3n) is 5.22. The molecule has 14 nitrogen and oxygen atoms in total. The SMILES string of the molecule is O=C(O)CCC1NC(=O)CCNC(=O)c2cc(NC(=O)c3cnccn3)ccc2OCC(CO)NC1=O. The highest BCUT2D eigenvalue weighted by Gasteiger charge is 2.25. The van der Waals surface area contributed by atoms with Crippen LogP contribution in [-0.2, 0) is 14.4 Å². The molecule has 0 saturated carbocycles. The van der Waals surface area contributed by atoms with E-state index in [9.17, 15) is 29.1 Å². The first-order valence-corrected chi connectivity index (χ1v) is 11.3. The number of rotatable bonds is 6. The number of nitrogens with zero attached hydrogens (tertiary/aromatic N) is 2. The molecule has 1 aliphatic rings. The van der Waals surface area contributed by atoms with Crippen LogP contribution in [0.4, 0.5) is 5.69 Å². The van der Waals surface area contributed by atoms with Crippen LogP contribution < -0.4 is 26.0 Å². The van der Waals surface area contributed by atoms with Crippen LogP contribution in [0.1, 0.15) is 40.1 Å². The summed E-state index contributed by atoms with van der Waals surface area (Å²) in [5, 5.41) is 28.8. The molecule has 2 heterocycles. The summed E-state index contributed by atoms with van der Waals surface area (Å²) in [4.78, 5) is 69.0. The lowest BCUT2D eigenvalue weighted by molar-refractivity contribution is -0.138. The smallest absolute Gasteiger partial charge is 0.303 e. The zero-order chi connectivity index (χ0) is 26.8. The van der Waals surface area contributed by atoms with Gasteiger partial charge in [-0.05, 0) is 24.6 Å². The minimum atomic E-state index is -1.15. The van der Waals surface area contributed by atoms with Crippen molar-refractivity contribution in [3.8, 4) is 5.75 Å². The first kappa shape index (κ1) is 27.0. The lowest BCUT2D eigenvalue weighted by Gasteiger charge is -2.23. The Kier molecular flexibility index (Phi) is 9.43. The molecule has 37 heavy (non-hydrogen) atoms. The van der Waals surface area contributed by atoms with Crippen LogP contribution >= 0.6 is 0 Å². The normalized spacial score (nSPS) is 18.7. The summed E-state index contributed by atoms with van der Waals surface area (Å²) in [7, 11) is 0. The number of amides is 4. The standard InChI is InChI=1S/C23H26N6O8/c30-11-14-12-37-18-3-1-13(27-23(36)17-10-24-7-8-25-17)9-15(18)21(34)26-6-5-19(31)29-16(22(35)28-14)2-4-20(32)33/h1,3,7-10,14,16,30H,2,4-6,11-12H2,(H,26,34)(H,27,36)(H,28,35)(H,29,31)(H,32,33). The Morgan fingerprint density at radius 3 is 2.68 bits per heavy atom. The van der Waals surface area contributed by atoms with Gasteiger partial charge in [0.15, 0.2) is 0 Å². The van der Waals surface area contributed by atoms with Crippen molar-refractivity contribution < 1.29 is 38.9 Å². The Morgan fingerprint density at radius 2 is 1.97 bits per heavy atom. The van der Waals surface area contributed by atoms with Gasteiger partial charge in [0.05, 0.1) is 24.4 Å². The number of aliphatic hydroxyl groups is 1. The second kappa shape index (κ2) is 12.9. The van der Waals surface area contributed by atoms with Gasteiger partial charge < -0.3 is 36.2 Å². The third kappa shape index (κ3) is 7.96. The van der Waals surface area contributed by atoms with Crippen molar-refractivity contribution in [2.24, 2.45) is 0 Å². The summed E-state index contributed by atoms with van der Waals surface area (Å²) in [6.07, 6.45) is 3.35. The van der Waals surface area contributed by atoms with Crippen molar-refractivity contribution in [3.63, 3.8) is 0 Å². The van der Waals surface area contributed by atoms with Gasteiger partial charge in [-0.1, -0.05) is 0 Å². The number of aliphatic hydroxyl groups excluding tert-OH is 1. The molecule has 2 atom stereocenters. The van der Waals surface area contributed by atoms with Gasteiger partial charge in [0.25, 0.3) is 11.8 Å². The van der Waals surface area contributed by atoms with Crippen LogP contribution in [0, 0.1) is 0 Å². The lowest BCUT2D eigenvalue weighted by Crippen LogP contribution is -2.52. The van der Waals surface area contributed by atoms with Crippen molar-refractivity contribution >= 4 is 35.3 Å². The van der Waals surface area contributed by atoms with Crippen LogP contribution in [0.5, 0.6) is 5.75 Å². The molecule has 196 valence electrons. The molecule has 0 bridgehead atoms. The first-order valence-electron chi connectivity index (χ1n) is 11.3. The second-order valence-electron chi connectivity index (χ2n) is 8.01. The van der Waals surface area contributed by atoms with E-state index in [1.165, 1.54) is 36.8 Å². The number of aliphatic carboxylic acids is 1. The van der Waals surface area contributed by atoms with Crippen molar-refractivity contribution in [2.75, 3.05) is 25.1 Å². The summed E-state index contributed by atoms with van der Waals surface area (Å²) in [5.74, 6) is -3.44. The molecule has 1 aromatic carbocycles. The minimum absolute atomic E-state index is 0.0387. The predicted molar refractivity (Wildman–Crippen MR) is 127 cm³/mol. The molecule has 0 radical (unpaired) electrons. The molecule has 6 N–H and O–H groups in total. The number of hydrogen-bond acceptors (Lipinski definition) is 9. The zero-order valence-corrected chi connectivity index (χ0v) is 19.6. The number of fused-ring (bicyclic) bond motifs is 1. The molecule has 0 aliphatic carbocycles. The van der Waals surface area contributed by atoms with E-state index in [4.69, 9.17) is 9.84 Å². The largest absolute Gasteiger partial charge is 0.491 e. The quantitative estimate of drug-likeness (QED) is 0.279. The van der Waals surface area contributed by atoms with E-state index in [2.05, 4.69) is 31.2 Å². The third-order valence-corrected chi connectivity index (χ3v) is 5.22. The molecular formula is C23H26N6O8. The molecule has 0 fully saturated rings. The highest BCUT2D eigenvalue weighted by atomic mass is 16.5. The molecule has 0 spiro atoms. The fourth-order valence-electron chi connectivity index (χ4n) is 3.34. The molecule has 1 aromatic heterocycles. The van der Waals surface area contributed by atoms with Crippen LogP contribution in [0.2, 0.25) is 0 Å². The number of nitrogens with one attached hydrogen (secondary N) is 4. The number of anilines is 1. The molecule has 14 heteroatoms.